The first kappa shape index (κ1) is 15.6. The molecule has 0 unspecified atom stereocenters. The summed E-state index contributed by atoms with van der Waals surface area (Å²) in [5, 5.41) is 0.230. The number of benzene rings is 1. The molecule has 0 heterocycles. The van der Waals surface area contributed by atoms with Crippen molar-refractivity contribution in [2.75, 3.05) is 13.2 Å². The minimum absolute atomic E-state index is 0.0183. The van der Waals surface area contributed by atoms with Gasteiger partial charge in [-0.2, -0.15) is 0 Å². The monoisotopic (exact) mass is 336 g/mol. The van der Waals surface area contributed by atoms with Crippen LogP contribution in [0.25, 0.3) is 0 Å². The quantitative estimate of drug-likeness (QED) is 0.416. The molecule has 6 heteroatoms. The van der Waals surface area contributed by atoms with Crippen molar-refractivity contribution in [2.45, 2.75) is 19.2 Å². The van der Waals surface area contributed by atoms with E-state index in [0.717, 1.165) is 0 Å². The molecule has 0 amide bonds. The number of carbonyl (C=O) groups is 1. The van der Waals surface area contributed by atoms with Gasteiger partial charge in [0.15, 0.2) is 0 Å². The van der Waals surface area contributed by atoms with E-state index in [1.54, 1.807) is 26.0 Å². The number of Topliss-reactive ketones (excluding diaryl/α,β-unsaturated/α-hetero) is 1. The summed E-state index contributed by atoms with van der Waals surface area (Å²) in [6, 6.07) is 8.98. The van der Waals surface area contributed by atoms with Crippen molar-refractivity contribution >= 4 is 26.6 Å². The van der Waals surface area contributed by atoms with Gasteiger partial charge in [-0.25, -0.2) is 0 Å². The summed E-state index contributed by atoms with van der Waals surface area (Å²) in [5.41, 5.74) is 0.638. The molecule has 0 radical (unpaired) electrons. The van der Waals surface area contributed by atoms with Crippen molar-refractivity contribution in [2.24, 2.45) is 0 Å². The normalized spacial score (nSPS) is 11.4. The van der Waals surface area contributed by atoms with Gasteiger partial charge in [-0.1, -0.05) is 0 Å². The van der Waals surface area contributed by atoms with E-state index in [2.05, 4.69) is 0 Å². The van der Waals surface area contributed by atoms with Gasteiger partial charge in [0.1, 0.15) is 0 Å². The summed E-state index contributed by atoms with van der Waals surface area (Å²) < 4.78 is 22.5. The Labute approximate surface area is 113 Å². The molecule has 0 saturated heterocycles. The molecule has 0 bridgehead atoms. The zero-order valence-corrected chi connectivity index (χ0v) is 13.1. The zero-order valence-electron chi connectivity index (χ0n) is 10.5. The molecule has 1 aromatic carbocycles. The summed E-state index contributed by atoms with van der Waals surface area (Å²) in [4.78, 5) is 11.9. The molecule has 0 aliphatic rings. The van der Waals surface area contributed by atoms with Crippen LogP contribution in [0.3, 0.4) is 0 Å². The molecule has 0 spiro atoms. The van der Waals surface area contributed by atoms with E-state index < -0.39 is 20.8 Å². The van der Waals surface area contributed by atoms with Crippen LogP contribution in [-0.2, 0) is 13.6 Å². The van der Waals surface area contributed by atoms with E-state index in [1.807, 2.05) is 18.2 Å². The molecule has 0 aliphatic carbocycles. The van der Waals surface area contributed by atoms with Crippen LogP contribution in [0, 0.1) is 0 Å². The molecule has 0 saturated carbocycles. The van der Waals surface area contributed by atoms with Crippen LogP contribution in [0.4, 0.5) is 0 Å². The third kappa shape index (κ3) is 5.05. The number of ketones is 1. The maximum atomic E-state index is 12.2. The average molecular weight is 335 g/mol. The van der Waals surface area contributed by atoms with Gasteiger partial charge in [-0.05, 0) is 0 Å². The molecule has 18 heavy (non-hydrogen) atoms. The fraction of sp³-hybridized carbons (Fsp3) is 0.417. The van der Waals surface area contributed by atoms with E-state index in [4.69, 9.17) is 9.05 Å². The second-order valence-electron chi connectivity index (χ2n) is 3.35. The summed E-state index contributed by atoms with van der Waals surface area (Å²) in [6.45, 7) is 4.19. The van der Waals surface area contributed by atoms with Gasteiger partial charge in [-0.15, -0.1) is 0 Å². The Morgan fingerprint density at radius 1 is 1.17 bits per heavy atom. The minimum atomic E-state index is -3.05. The van der Waals surface area contributed by atoms with Crippen LogP contribution in [0.2, 0.25) is 5.32 Å². The maximum absolute atomic E-state index is 12.2. The summed E-state index contributed by atoms with van der Waals surface area (Å²) in [7, 11) is 0. The van der Waals surface area contributed by atoms with E-state index in [1.165, 1.54) is 0 Å². The molecule has 0 fully saturated rings. The van der Waals surface area contributed by atoms with Crippen molar-refractivity contribution in [3.05, 3.63) is 35.9 Å². The Balaban J connectivity index is 2.58. The van der Waals surface area contributed by atoms with E-state index >= 15 is 0 Å². The van der Waals surface area contributed by atoms with E-state index in [-0.39, 0.29) is 11.1 Å². The van der Waals surface area contributed by atoms with Gasteiger partial charge in [-0.3, -0.25) is 0 Å². The number of hydrogen-bond donors (Lipinski definition) is 0. The molecule has 0 atom stereocenters. The molecule has 4 nitrogen and oxygen atoms in total. The van der Waals surface area contributed by atoms with Crippen molar-refractivity contribution in [3.63, 3.8) is 0 Å². The summed E-state index contributed by atoms with van der Waals surface area (Å²) >= 11 is -0.480. The Hall–Kier alpha value is -0.441. The van der Waals surface area contributed by atoms with Crippen molar-refractivity contribution in [1.82, 2.24) is 0 Å². The first-order valence-electron chi connectivity index (χ1n) is 5.73. The second-order valence-corrected chi connectivity index (χ2v) is 10.1. The predicted molar refractivity (Wildman–Crippen MR) is 72.2 cm³/mol. The molecule has 0 aliphatic heterocycles. The Bertz CT molecular complexity index is 411. The van der Waals surface area contributed by atoms with Gasteiger partial charge < -0.3 is 0 Å². The van der Waals surface area contributed by atoms with Gasteiger partial charge in [0, 0.05) is 0 Å². The zero-order chi connectivity index (χ0) is 13.4. The molecular weight excluding hydrogens is 318 g/mol. The Morgan fingerprint density at radius 2 is 1.72 bits per heavy atom. The average Bonchev–Trinajstić information content (AvgIpc) is 2.38. The molecule has 0 N–H and O–H groups in total. The van der Waals surface area contributed by atoms with Crippen LogP contribution in [0.5, 0.6) is 0 Å². The van der Waals surface area contributed by atoms with Crippen molar-refractivity contribution in [1.29, 1.82) is 0 Å². The van der Waals surface area contributed by atoms with Crippen molar-refractivity contribution in [3.8, 4) is 0 Å². The van der Waals surface area contributed by atoms with Crippen LogP contribution < -0.4 is 0 Å². The number of rotatable bonds is 8. The van der Waals surface area contributed by atoms with Crippen LogP contribution in [-0.4, -0.2) is 33.5 Å². The van der Waals surface area contributed by atoms with Gasteiger partial charge in [0.2, 0.25) is 0 Å². The topological polar surface area (TPSA) is 52.6 Å². The number of hydrogen-bond acceptors (Lipinski definition) is 4. The standard InChI is InChI=1S/C12H17O4PSe/c1-3-15-17(14,16-4-2)18-10-12(13)11-8-6-5-7-9-11/h5-9H,3-4,10H2,1-2H3. The fourth-order valence-corrected chi connectivity index (χ4v) is 6.75. The van der Waals surface area contributed by atoms with Gasteiger partial charge in [0.05, 0.1) is 0 Å². The van der Waals surface area contributed by atoms with Crippen molar-refractivity contribution < 1.29 is 18.4 Å². The predicted octanol–water partition coefficient (Wildman–Crippen LogP) is 3.17. The van der Waals surface area contributed by atoms with Crippen LogP contribution >= 0.6 is 6.29 Å². The first-order valence-corrected chi connectivity index (χ1v) is 10.7. The number of carbonyl (C=O) groups excluding carboxylic acids is 1. The first-order chi connectivity index (χ1) is 8.61. The third-order valence-corrected chi connectivity index (χ3v) is 8.30. The third-order valence-electron chi connectivity index (χ3n) is 2.02. The van der Waals surface area contributed by atoms with E-state index in [0.29, 0.717) is 18.8 Å². The van der Waals surface area contributed by atoms with Gasteiger partial charge in [0.25, 0.3) is 0 Å². The van der Waals surface area contributed by atoms with Crippen LogP contribution in [0.1, 0.15) is 24.2 Å². The molecular formula is C12H17O4PSe. The molecule has 100 valence electrons. The van der Waals surface area contributed by atoms with Gasteiger partial charge >= 0.3 is 113 Å². The molecule has 0 aromatic heterocycles. The summed E-state index contributed by atoms with van der Waals surface area (Å²) in [5.74, 6) is -0.0183. The van der Waals surface area contributed by atoms with Crippen LogP contribution in [0.15, 0.2) is 30.3 Å². The summed E-state index contributed by atoms with van der Waals surface area (Å²) in [6.07, 6.45) is -3.05. The SMILES string of the molecule is CCOP(=O)(OCC)[Se]CC(=O)c1ccccc1. The molecule has 1 rings (SSSR count). The fourth-order valence-electron chi connectivity index (χ4n) is 1.27. The Morgan fingerprint density at radius 3 is 2.22 bits per heavy atom. The molecule has 1 aromatic rings. The van der Waals surface area contributed by atoms with E-state index in [9.17, 15) is 9.36 Å². The second kappa shape index (κ2) is 7.88. The Kier molecular flexibility index (Phi) is 6.83.